The van der Waals surface area contributed by atoms with Gasteiger partial charge in [-0.1, -0.05) is 0 Å². The molecule has 5 rings (SSSR count). The Hall–Kier alpha value is -3.80. The quantitative estimate of drug-likeness (QED) is 0.697. The predicted octanol–water partition coefficient (Wildman–Crippen LogP) is 2.57. The maximum absolute atomic E-state index is 14.3. The third-order valence-electron chi connectivity index (χ3n) is 5.56. The van der Waals surface area contributed by atoms with E-state index in [9.17, 15) is 9.18 Å². The molecule has 3 aromatic rings. The molecule has 3 heterocycles. The summed E-state index contributed by atoms with van der Waals surface area (Å²) in [7, 11) is 0. The van der Waals surface area contributed by atoms with Crippen LogP contribution in [0.2, 0.25) is 0 Å². The second-order valence-electron chi connectivity index (χ2n) is 7.76. The smallest absolute Gasteiger partial charge is 0.256 e. The van der Waals surface area contributed by atoms with Gasteiger partial charge in [-0.3, -0.25) is 9.78 Å². The molecule has 8 nitrogen and oxygen atoms in total. The van der Waals surface area contributed by atoms with E-state index < -0.39 is 5.82 Å². The number of nitrogens with one attached hydrogen (secondary N) is 1. The number of rotatable bonds is 4. The van der Waals surface area contributed by atoms with Gasteiger partial charge in [0.05, 0.1) is 28.9 Å². The number of piperazine rings is 1. The number of halogens is 1. The lowest BCUT2D eigenvalue weighted by molar-refractivity contribution is 0.0742. The third-order valence-corrected chi connectivity index (χ3v) is 5.56. The van der Waals surface area contributed by atoms with Gasteiger partial charge in [-0.25, -0.2) is 14.4 Å². The maximum Gasteiger partial charge on any atom is 0.256 e. The fourth-order valence-electron chi connectivity index (χ4n) is 3.69. The molecule has 0 bridgehead atoms. The van der Waals surface area contributed by atoms with E-state index in [1.165, 1.54) is 12.1 Å². The SMILES string of the molecule is N#Cc1ccc(C(=O)N2CCN(c3nc4cnccc4nc3NC3CC3)CC2)c(F)c1. The Morgan fingerprint density at radius 1 is 1.13 bits per heavy atom. The lowest BCUT2D eigenvalue weighted by atomic mass is 10.1. The van der Waals surface area contributed by atoms with Crippen LogP contribution in [0.4, 0.5) is 16.0 Å². The molecule has 9 heteroatoms. The highest BCUT2D eigenvalue weighted by atomic mass is 19.1. The van der Waals surface area contributed by atoms with Crippen molar-refractivity contribution in [2.45, 2.75) is 18.9 Å². The highest BCUT2D eigenvalue weighted by Crippen LogP contribution is 2.31. The molecule has 1 aromatic carbocycles. The second kappa shape index (κ2) is 7.80. The van der Waals surface area contributed by atoms with Crippen LogP contribution in [-0.2, 0) is 0 Å². The van der Waals surface area contributed by atoms with Crippen molar-refractivity contribution in [1.82, 2.24) is 19.9 Å². The molecule has 1 aliphatic carbocycles. The summed E-state index contributed by atoms with van der Waals surface area (Å²) in [5.41, 5.74) is 1.68. The molecule has 156 valence electrons. The van der Waals surface area contributed by atoms with Gasteiger partial charge in [0, 0.05) is 38.4 Å². The van der Waals surface area contributed by atoms with Crippen LogP contribution in [0, 0.1) is 17.1 Å². The highest BCUT2D eigenvalue weighted by Gasteiger charge is 2.29. The summed E-state index contributed by atoms with van der Waals surface area (Å²) < 4.78 is 14.3. The number of pyridine rings is 1. The number of nitriles is 1. The van der Waals surface area contributed by atoms with Crippen molar-refractivity contribution in [2.75, 3.05) is 36.4 Å². The summed E-state index contributed by atoms with van der Waals surface area (Å²) in [6.45, 7) is 1.99. The van der Waals surface area contributed by atoms with Crippen molar-refractivity contribution in [2.24, 2.45) is 0 Å². The van der Waals surface area contributed by atoms with E-state index in [1.807, 2.05) is 12.1 Å². The molecule has 31 heavy (non-hydrogen) atoms. The predicted molar refractivity (Wildman–Crippen MR) is 113 cm³/mol. The second-order valence-corrected chi connectivity index (χ2v) is 7.76. The number of hydrogen-bond acceptors (Lipinski definition) is 7. The first kappa shape index (κ1) is 19.2. The van der Waals surface area contributed by atoms with Crippen LogP contribution in [0.15, 0.2) is 36.7 Å². The van der Waals surface area contributed by atoms with Crippen LogP contribution in [0.1, 0.15) is 28.8 Å². The Bertz CT molecular complexity index is 1200. The van der Waals surface area contributed by atoms with E-state index in [0.717, 1.165) is 41.6 Å². The normalized spacial score (nSPS) is 16.3. The van der Waals surface area contributed by atoms with Crippen LogP contribution in [-0.4, -0.2) is 58.0 Å². The van der Waals surface area contributed by atoms with E-state index in [2.05, 4.69) is 15.2 Å². The lowest BCUT2D eigenvalue weighted by Gasteiger charge is -2.36. The Kier molecular flexibility index (Phi) is 4.82. The molecule has 0 atom stereocenters. The zero-order chi connectivity index (χ0) is 21.4. The number of amides is 1. The number of carbonyl (C=O) groups excluding carboxylic acids is 1. The summed E-state index contributed by atoms with van der Waals surface area (Å²) in [4.78, 5) is 30.2. The van der Waals surface area contributed by atoms with Gasteiger partial charge in [0.1, 0.15) is 11.3 Å². The average molecular weight is 417 g/mol. The number of benzene rings is 1. The van der Waals surface area contributed by atoms with Crippen LogP contribution in [0.5, 0.6) is 0 Å². The first-order valence-electron chi connectivity index (χ1n) is 10.2. The monoisotopic (exact) mass is 417 g/mol. The summed E-state index contributed by atoms with van der Waals surface area (Å²) in [6, 6.07) is 8.08. The zero-order valence-corrected chi connectivity index (χ0v) is 16.8. The first-order valence-corrected chi connectivity index (χ1v) is 10.2. The van der Waals surface area contributed by atoms with Crippen LogP contribution < -0.4 is 10.2 Å². The molecule has 1 N–H and O–H groups in total. The van der Waals surface area contributed by atoms with Crippen molar-refractivity contribution in [3.8, 4) is 6.07 Å². The fourth-order valence-corrected chi connectivity index (χ4v) is 3.69. The molecule has 0 radical (unpaired) electrons. The van der Waals surface area contributed by atoms with Gasteiger partial charge in [-0.15, -0.1) is 0 Å². The van der Waals surface area contributed by atoms with Gasteiger partial charge in [0.2, 0.25) is 0 Å². The van der Waals surface area contributed by atoms with Gasteiger partial charge in [-0.05, 0) is 37.1 Å². The van der Waals surface area contributed by atoms with Crippen LogP contribution in [0.3, 0.4) is 0 Å². The largest absolute Gasteiger partial charge is 0.364 e. The standard InChI is InChI=1S/C22H20FN7O/c23-17-11-14(12-24)1-4-16(17)22(31)30-9-7-29(8-10-30)21-20(26-15-2-3-15)27-18-5-6-25-13-19(18)28-21/h1,4-6,11,13,15H,2-3,7-10H2,(H,26,27). The van der Waals surface area contributed by atoms with Crippen molar-refractivity contribution < 1.29 is 9.18 Å². The van der Waals surface area contributed by atoms with Crippen molar-refractivity contribution >= 4 is 28.6 Å². The zero-order valence-electron chi connectivity index (χ0n) is 16.8. The van der Waals surface area contributed by atoms with E-state index in [0.29, 0.717) is 32.2 Å². The number of aromatic nitrogens is 3. The van der Waals surface area contributed by atoms with Gasteiger partial charge >= 0.3 is 0 Å². The van der Waals surface area contributed by atoms with Gasteiger partial charge in [0.25, 0.3) is 5.91 Å². The number of hydrogen-bond donors (Lipinski definition) is 1. The number of fused-ring (bicyclic) bond motifs is 1. The average Bonchev–Trinajstić information content (AvgIpc) is 3.62. The molecule has 2 aromatic heterocycles. The minimum atomic E-state index is -0.671. The Morgan fingerprint density at radius 2 is 1.94 bits per heavy atom. The fraction of sp³-hybridized carbons (Fsp3) is 0.318. The van der Waals surface area contributed by atoms with Crippen molar-refractivity contribution in [3.63, 3.8) is 0 Å². The van der Waals surface area contributed by atoms with Gasteiger partial charge < -0.3 is 15.1 Å². The lowest BCUT2D eigenvalue weighted by Crippen LogP contribution is -2.49. The van der Waals surface area contributed by atoms with Gasteiger partial charge in [0.15, 0.2) is 11.6 Å². The minimum absolute atomic E-state index is 0.0138. The summed E-state index contributed by atoms with van der Waals surface area (Å²) in [5, 5.41) is 12.3. The summed E-state index contributed by atoms with van der Waals surface area (Å²) in [6.07, 6.45) is 5.63. The van der Waals surface area contributed by atoms with E-state index in [-0.39, 0.29) is 17.0 Å². The molecule has 2 fully saturated rings. The van der Waals surface area contributed by atoms with Crippen LogP contribution in [0.25, 0.3) is 11.0 Å². The van der Waals surface area contributed by atoms with E-state index in [1.54, 1.807) is 17.3 Å². The Balaban J connectivity index is 1.35. The molecular formula is C22H20FN7O. The molecular weight excluding hydrogens is 397 g/mol. The summed E-state index contributed by atoms with van der Waals surface area (Å²) >= 11 is 0. The minimum Gasteiger partial charge on any atom is -0.364 e. The van der Waals surface area contributed by atoms with Crippen molar-refractivity contribution in [1.29, 1.82) is 5.26 Å². The molecule has 1 saturated heterocycles. The molecule has 2 aliphatic rings. The number of carbonyl (C=O) groups is 1. The number of anilines is 2. The topological polar surface area (TPSA) is 98.0 Å². The van der Waals surface area contributed by atoms with Crippen molar-refractivity contribution in [3.05, 3.63) is 53.6 Å². The maximum atomic E-state index is 14.3. The first-order chi connectivity index (χ1) is 15.1. The molecule has 0 unspecified atom stereocenters. The van der Waals surface area contributed by atoms with E-state index in [4.69, 9.17) is 15.2 Å². The van der Waals surface area contributed by atoms with Gasteiger partial charge in [-0.2, -0.15) is 5.26 Å². The molecule has 1 amide bonds. The Morgan fingerprint density at radius 3 is 2.65 bits per heavy atom. The highest BCUT2D eigenvalue weighted by molar-refractivity contribution is 5.95. The molecule has 1 saturated carbocycles. The molecule has 1 aliphatic heterocycles. The molecule has 0 spiro atoms. The van der Waals surface area contributed by atoms with E-state index >= 15 is 0 Å². The van der Waals surface area contributed by atoms with Crippen LogP contribution >= 0.6 is 0 Å². The Labute approximate surface area is 178 Å². The summed E-state index contributed by atoms with van der Waals surface area (Å²) in [5.74, 6) is 0.463. The third kappa shape index (κ3) is 3.84. The number of nitrogens with zero attached hydrogens (tertiary/aromatic N) is 6.